The molecule has 1 aliphatic carbocycles. The van der Waals surface area contributed by atoms with Gasteiger partial charge in [-0.05, 0) is 50.7 Å². The summed E-state index contributed by atoms with van der Waals surface area (Å²) in [6, 6.07) is 2.94. The van der Waals surface area contributed by atoms with Crippen molar-refractivity contribution in [2.24, 2.45) is 11.8 Å². The highest BCUT2D eigenvalue weighted by Gasteiger charge is 2.38. The minimum absolute atomic E-state index is 0.145. The predicted molar refractivity (Wildman–Crippen MR) is 157 cm³/mol. The third kappa shape index (κ3) is 5.74. The van der Waals surface area contributed by atoms with Crippen molar-refractivity contribution in [1.29, 1.82) is 0 Å². The molecule has 4 aromatic heterocycles. The van der Waals surface area contributed by atoms with Gasteiger partial charge in [0.2, 0.25) is 11.8 Å². The van der Waals surface area contributed by atoms with Gasteiger partial charge in [0.25, 0.3) is 5.91 Å². The van der Waals surface area contributed by atoms with Gasteiger partial charge in [-0.25, -0.2) is 14.8 Å². The standard InChI is InChI=1S/C29H33ClF2N8O3/c1-15-4-6-18(7-5-15)14-39-24-21(35-28(39)40-16(2)12-38(13-17(40)3)27(41)25(31)32)9-22(26-36-29(42)43-37-26)34-23(24)19-8-20(30)11-33-10-19/h8-11,15-18,25H,4-7,12-14H2,1-3H3,(H,36,37,42)/t15?,16-,17-,18?/m0/s1. The molecule has 0 spiro atoms. The molecule has 2 fully saturated rings. The molecule has 4 aromatic rings. The maximum absolute atomic E-state index is 13.3. The Balaban J connectivity index is 1.54. The number of fused-ring (bicyclic) bond motifs is 1. The Kier molecular flexibility index (Phi) is 7.92. The van der Waals surface area contributed by atoms with Crippen LogP contribution >= 0.6 is 11.6 Å². The van der Waals surface area contributed by atoms with E-state index in [1.165, 1.54) is 11.1 Å². The van der Waals surface area contributed by atoms with E-state index < -0.39 is 18.1 Å². The van der Waals surface area contributed by atoms with Crippen LogP contribution in [0.4, 0.5) is 14.7 Å². The van der Waals surface area contributed by atoms with Gasteiger partial charge in [0, 0.05) is 49.7 Å². The van der Waals surface area contributed by atoms with Crippen LogP contribution in [-0.4, -0.2) is 72.1 Å². The molecule has 14 heteroatoms. The van der Waals surface area contributed by atoms with E-state index in [9.17, 15) is 18.4 Å². The highest BCUT2D eigenvalue weighted by atomic mass is 35.5. The first-order chi connectivity index (χ1) is 20.6. The van der Waals surface area contributed by atoms with E-state index in [2.05, 4.69) is 31.5 Å². The normalized spacial score (nSPS) is 23.0. The van der Waals surface area contributed by atoms with Crippen LogP contribution in [0.2, 0.25) is 5.02 Å². The number of carbonyl (C=O) groups is 1. The molecule has 43 heavy (non-hydrogen) atoms. The summed E-state index contributed by atoms with van der Waals surface area (Å²) in [5.74, 6) is 0.0334. The Hall–Kier alpha value is -3.87. The van der Waals surface area contributed by atoms with Crippen LogP contribution in [0.1, 0.15) is 46.5 Å². The van der Waals surface area contributed by atoms with Crippen molar-refractivity contribution < 1.29 is 18.1 Å². The number of nitrogens with zero attached hydrogens (tertiary/aromatic N) is 7. The molecule has 0 radical (unpaired) electrons. The van der Waals surface area contributed by atoms with Gasteiger partial charge >= 0.3 is 12.2 Å². The first-order valence-corrected chi connectivity index (χ1v) is 14.9. The molecular formula is C29H33ClF2N8O3. The molecule has 2 atom stereocenters. The molecule has 6 rings (SSSR count). The fourth-order valence-corrected chi connectivity index (χ4v) is 6.70. The lowest BCUT2D eigenvalue weighted by atomic mass is 9.83. The second-order valence-electron chi connectivity index (χ2n) is 11.9. The number of H-pyrrole nitrogens is 1. The van der Waals surface area contributed by atoms with Crippen molar-refractivity contribution >= 4 is 34.5 Å². The minimum Gasteiger partial charge on any atom is -0.334 e. The highest BCUT2D eigenvalue weighted by Crippen LogP contribution is 2.38. The SMILES string of the molecule is CC1CCC(Cn2c(N3[C@@H](C)CN(C(=O)C(F)F)C[C@@H]3C)nc3cc(-c4noc(=O)[nH]4)nc(-c4cncc(Cl)c4)c32)CC1. The number of rotatable bonds is 6. The molecule has 0 unspecified atom stereocenters. The molecule has 11 nitrogen and oxygen atoms in total. The zero-order valence-corrected chi connectivity index (χ0v) is 24.9. The Morgan fingerprint density at radius 2 is 1.81 bits per heavy atom. The number of halogens is 3. The molecule has 2 aliphatic rings. The smallest absolute Gasteiger partial charge is 0.334 e. The van der Waals surface area contributed by atoms with Crippen LogP contribution in [0.3, 0.4) is 0 Å². The van der Waals surface area contributed by atoms with E-state index >= 15 is 0 Å². The van der Waals surface area contributed by atoms with Crippen molar-refractivity contribution in [3.05, 3.63) is 40.1 Å². The molecule has 1 amide bonds. The van der Waals surface area contributed by atoms with Crippen molar-refractivity contribution in [2.75, 3.05) is 18.0 Å². The minimum atomic E-state index is -3.05. The number of anilines is 1. The van der Waals surface area contributed by atoms with Crippen LogP contribution in [0.15, 0.2) is 33.8 Å². The maximum Gasteiger partial charge on any atom is 0.439 e. The maximum atomic E-state index is 13.3. The third-order valence-electron chi connectivity index (χ3n) is 8.59. The van der Waals surface area contributed by atoms with Crippen molar-refractivity contribution in [2.45, 2.75) is 71.5 Å². The van der Waals surface area contributed by atoms with Crippen molar-refractivity contribution in [3.8, 4) is 22.8 Å². The van der Waals surface area contributed by atoms with Crippen molar-refractivity contribution in [1.82, 2.24) is 34.6 Å². The third-order valence-corrected chi connectivity index (χ3v) is 8.80. The lowest BCUT2D eigenvalue weighted by molar-refractivity contribution is -0.144. The van der Waals surface area contributed by atoms with Crippen LogP contribution in [0.25, 0.3) is 33.8 Å². The largest absolute Gasteiger partial charge is 0.439 e. The number of piperazine rings is 1. The zero-order valence-electron chi connectivity index (χ0n) is 24.1. The summed E-state index contributed by atoms with van der Waals surface area (Å²) in [5, 5.41) is 4.27. The fourth-order valence-electron chi connectivity index (χ4n) is 6.52. The second kappa shape index (κ2) is 11.7. The van der Waals surface area contributed by atoms with E-state index in [1.54, 1.807) is 18.3 Å². The number of amides is 1. The van der Waals surface area contributed by atoms with Gasteiger partial charge in [-0.1, -0.05) is 36.5 Å². The Bertz CT molecular complexity index is 1680. The molecule has 5 heterocycles. The summed E-state index contributed by atoms with van der Waals surface area (Å²) in [6.45, 7) is 7.08. The topological polar surface area (TPSA) is 126 Å². The number of aromatic amines is 1. The lowest BCUT2D eigenvalue weighted by Gasteiger charge is -2.45. The van der Waals surface area contributed by atoms with Gasteiger partial charge in [0.15, 0.2) is 0 Å². The second-order valence-corrected chi connectivity index (χ2v) is 12.3. The van der Waals surface area contributed by atoms with Crippen LogP contribution in [0, 0.1) is 11.8 Å². The molecule has 228 valence electrons. The Morgan fingerprint density at radius 1 is 1.09 bits per heavy atom. The number of pyridine rings is 2. The van der Waals surface area contributed by atoms with Crippen LogP contribution < -0.4 is 10.7 Å². The van der Waals surface area contributed by atoms with Gasteiger partial charge < -0.3 is 14.4 Å². The molecule has 0 bridgehead atoms. The zero-order chi connectivity index (χ0) is 30.4. The van der Waals surface area contributed by atoms with E-state index in [1.807, 2.05) is 13.8 Å². The lowest BCUT2D eigenvalue weighted by Crippen LogP contribution is -2.59. The Morgan fingerprint density at radius 3 is 2.44 bits per heavy atom. The summed E-state index contributed by atoms with van der Waals surface area (Å²) in [6.07, 6.45) is 4.58. The number of hydrogen-bond acceptors (Lipinski definition) is 8. The number of alkyl halides is 2. The summed E-state index contributed by atoms with van der Waals surface area (Å²) in [5.41, 5.74) is 2.93. The summed E-state index contributed by atoms with van der Waals surface area (Å²) in [7, 11) is 0. The molecule has 1 N–H and O–H groups in total. The summed E-state index contributed by atoms with van der Waals surface area (Å²) < 4.78 is 33.6. The number of carbonyl (C=O) groups excluding carboxylic acids is 1. The van der Waals surface area contributed by atoms with Gasteiger partial charge in [-0.3, -0.25) is 19.3 Å². The molecular weight excluding hydrogens is 582 g/mol. The number of hydrogen-bond donors (Lipinski definition) is 1. The first-order valence-electron chi connectivity index (χ1n) is 14.5. The van der Waals surface area contributed by atoms with Gasteiger partial charge in [-0.2, -0.15) is 8.78 Å². The first kappa shape index (κ1) is 29.2. The van der Waals surface area contributed by atoms with E-state index in [0.29, 0.717) is 51.8 Å². The predicted octanol–water partition coefficient (Wildman–Crippen LogP) is 5.01. The summed E-state index contributed by atoms with van der Waals surface area (Å²) in [4.78, 5) is 44.2. The molecule has 0 aromatic carbocycles. The van der Waals surface area contributed by atoms with Gasteiger partial charge in [0.05, 0.1) is 21.7 Å². The molecule has 1 saturated heterocycles. The highest BCUT2D eigenvalue weighted by molar-refractivity contribution is 6.30. The van der Waals surface area contributed by atoms with Crippen LogP contribution in [-0.2, 0) is 11.3 Å². The van der Waals surface area contributed by atoms with E-state index in [4.69, 9.17) is 26.1 Å². The van der Waals surface area contributed by atoms with Gasteiger partial charge in [-0.15, -0.1) is 0 Å². The number of aromatic nitrogens is 6. The molecule has 1 saturated carbocycles. The monoisotopic (exact) mass is 614 g/mol. The van der Waals surface area contributed by atoms with Crippen molar-refractivity contribution in [3.63, 3.8) is 0 Å². The van der Waals surface area contributed by atoms with E-state index in [-0.39, 0.29) is 31.0 Å². The molecule has 1 aliphatic heterocycles. The fraction of sp³-hybridized carbons (Fsp3) is 0.517. The average Bonchev–Trinajstić information content (AvgIpc) is 3.56. The van der Waals surface area contributed by atoms with Crippen LogP contribution in [0.5, 0.6) is 0 Å². The summed E-state index contributed by atoms with van der Waals surface area (Å²) >= 11 is 6.36. The quantitative estimate of drug-likeness (QED) is 0.321. The van der Waals surface area contributed by atoms with E-state index in [0.717, 1.165) is 31.2 Å². The Labute approximate surface area is 251 Å². The van der Waals surface area contributed by atoms with Gasteiger partial charge in [0.1, 0.15) is 5.69 Å². The average molecular weight is 615 g/mol. The number of imidazole rings is 1. The number of nitrogens with one attached hydrogen (secondary N) is 1.